The molecule has 0 unspecified atom stereocenters. The Morgan fingerprint density at radius 1 is 1.27 bits per heavy atom. The van der Waals surface area contributed by atoms with Crippen LogP contribution in [0.25, 0.3) is 10.6 Å². The highest BCUT2D eigenvalue weighted by atomic mass is 32.1. The molecule has 0 aliphatic rings. The van der Waals surface area contributed by atoms with Gasteiger partial charge in [-0.3, -0.25) is 4.79 Å². The van der Waals surface area contributed by atoms with Crippen molar-refractivity contribution in [2.24, 2.45) is 0 Å². The summed E-state index contributed by atoms with van der Waals surface area (Å²) in [6.45, 7) is 1.92. The van der Waals surface area contributed by atoms with Crippen LogP contribution in [0.4, 0.5) is 0 Å². The van der Waals surface area contributed by atoms with Crippen molar-refractivity contribution in [3.05, 3.63) is 64.6 Å². The van der Waals surface area contributed by atoms with Gasteiger partial charge in [0.05, 0.1) is 13.7 Å². The molecule has 0 aliphatic heterocycles. The molecule has 3 aromatic rings. The number of benzene rings is 1. The Balaban J connectivity index is 1.73. The lowest BCUT2D eigenvalue weighted by atomic mass is 10.2. The lowest BCUT2D eigenvalue weighted by molar-refractivity contribution is 0.0598. The quantitative estimate of drug-likeness (QED) is 0.639. The second kappa shape index (κ2) is 7.53. The number of hydrogen-bond donors (Lipinski definition) is 0. The van der Waals surface area contributed by atoms with Crippen molar-refractivity contribution in [3.63, 3.8) is 0 Å². The van der Waals surface area contributed by atoms with Crippen LogP contribution in [0, 0.1) is 6.92 Å². The first-order valence-corrected chi connectivity index (χ1v) is 8.81. The summed E-state index contributed by atoms with van der Waals surface area (Å²) in [5.74, 6) is 0.306. The van der Waals surface area contributed by atoms with E-state index in [9.17, 15) is 9.59 Å². The van der Waals surface area contributed by atoms with Crippen molar-refractivity contribution in [2.75, 3.05) is 14.2 Å². The Morgan fingerprint density at radius 2 is 2.00 bits per heavy atom. The Hall–Kier alpha value is -2.93. The number of amides is 1. The van der Waals surface area contributed by atoms with Crippen LogP contribution in [-0.4, -0.2) is 35.9 Å². The first kappa shape index (κ1) is 17.9. The molecule has 7 heteroatoms. The molecule has 2 heterocycles. The van der Waals surface area contributed by atoms with E-state index in [1.54, 1.807) is 25.4 Å². The summed E-state index contributed by atoms with van der Waals surface area (Å²) < 4.78 is 10.3. The molecular weight excluding hydrogens is 352 g/mol. The van der Waals surface area contributed by atoms with Crippen molar-refractivity contribution in [2.45, 2.75) is 13.5 Å². The average molecular weight is 370 g/mol. The number of furan rings is 1. The minimum Gasteiger partial charge on any atom is -0.465 e. The van der Waals surface area contributed by atoms with Crippen LogP contribution in [0.5, 0.6) is 0 Å². The first-order chi connectivity index (χ1) is 12.5. The van der Waals surface area contributed by atoms with Crippen LogP contribution in [0.1, 0.15) is 32.4 Å². The van der Waals surface area contributed by atoms with Gasteiger partial charge in [-0.2, -0.15) is 0 Å². The summed E-state index contributed by atoms with van der Waals surface area (Å²) in [7, 11) is 2.98. The molecular formula is C19H18N2O4S. The van der Waals surface area contributed by atoms with Gasteiger partial charge < -0.3 is 14.1 Å². The summed E-state index contributed by atoms with van der Waals surface area (Å²) in [6, 6.07) is 11.3. The van der Waals surface area contributed by atoms with E-state index in [0.717, 1.165) is 10.6 Å². The molecule has 0 atom stereocenters. The lowest BCUT2D eigenvalue weighted by Gasteiger charge is -2.13. The number of aryl methyl sites for hydroxylation is 1. The Labute approximate surface area is 155 Å². The van der Waals surface area contributed by atoms with Gasteiger partial charge in [-0.05, 0) is 13.0 Å². The standard InChI is InChI=1S/C19H18N2O4S/c1-12-15(19(23)24-3)9-14(25-12)10-21(2)18(22)16-11-26-17(20-16)13-7-5-4-6-8-13/h4-9,11H,10H2,1-3H3. The highest BCUT2D eigenvalue weighted by molar-refractivity contribution is 7.13. The predicted octanol–water partition coefficient (Wildman–Crippen LogP) is 3.77. The van der Waals surface area contributed by atoms with Crippen molar-refractivity contribution < 1.29 is 18.7 Å². The number of ether oxygens (including phenoxy) is 1. The average Bonchev–Trinajstić information content (AvgIpc) is 3.28. The topological polar surface area (TPSA) is 72.6 Å². The smallest absolute Gasteiger partial charge is 0.341 e. The van der Waals surface area contributed by atoms with E-state index in [0.29, 0.717) is 22.8 Å². The van der Waals surface area contributed by atoms with Gasteiger partial charge in [0.15, 0.2) is 0 Å². The first-order valence-electron chi connectivity index (χ1n) is 7.93. The fourth-order valence-electron chi connectivity index (χ4n) is 2.52. The molecule has 26 heavy (non-hydrogen) atoms. The number of carbonyl (C=O) groups excluding carboxylic acids is 2. The van der Waals surface area contributed by atoms with Gasteiger partial charge in [0, 0.05) is 18.0 Å². The van der Waals surface area contributed by atoms with Gasteiger partial charge >= 0.3 is 5.97 Å². The molecule has 0 aliphatic carbocycles. The molecule has 0 radical (unpaired) electrons. The maximum absolute atomic E-state index is 12.6. The molecule has 0 bridgehead atoms. The third kappa shape index (κ3) is 3.67. The number of esters is 1. The monoisotopic (exact) mass is 370 g/mol. The number of thiazole rings is 1. The predicted molar refractivity (Wildman–Crippen MR) is 98.1 cm³/mol. The number of nitrogens with zero attached hydrogens (tertiary/aromatic N) is 2. The minimum atomic E-state index is -0.460. The zero-order valence-corrected chi connectivity index (χ0v) is 15.5. The van der Waals surface area contributed by atoms with Crippen LogP contribution < -0.4 is 0 Å². The largest absolute Gasteiger partial charge is 0.465 e. The van der Waals surface area contributed by atoms with Gasteiger partial charge in [-0.1, -0.05) is 30.3 Å². The molecule has 0 spiro atoms. The number of rotatable bonds is 5. The van der Waals surface area contributed by atoms with Crippen molar-refractivity contribution in [3.8, 4) is 10.6 Å². The maximum Gasteiger partial charge on any atom is 0.341 e. The molecule has 0 fully saturated rings. The number of methoxy groups -OCH3 is 1. The molecule has 134 valence electrons. The van der Waals surface area contributed by atoms with E-state index in [2.05, 4.69) is 4.98 Å². The summed E-state index contributed by atoms with van der Waals surface area (Å²) in [4.78, 5) is 30.2. The van der Waals surface area contributed by atoms with Crippen LogP contribution in [0.15, 0.2) is 46.2 Å². The van der Waals surface area contributed by atoms with Crippen LogP contribution in [0.3, 0.4) is 0 Å². The molecule has 6 nitrogen and oxygen atoms in total. The molecule has 0 saturated heterocycles. The minimum absolute atomic E-state index is 0.211. The van der Waals surface area contributed by atoms with Gasteiger partial charge in [-0.15, -0.1) is 11.3 Å². The normalized spacial score (nSPS) is 10.6. The molecule has 2 aromatic heterocycles. The Morgan fingerprint density at radius 3 is 2.69 bits per heavy atom. The second-order valence-electron chi connectivity index (χ2n) is 5.74. The third-order valence-electron chi connectivity index (χ3n) is 3.86. The van der Waals surface area contributed by atoms with E-state index in [1.165, 1.54) is 23.3 Å². The number of aromatic nitrogens is 1. The van der Waals surface area contributed by atoms with E-state index in [-0.39, 0.29) is 12.5 Å². The molecule has 0 saturated carbocycles. The van der Waals surface area contributed by atoms with E-state index in [4.69, 9.17) is 9.15 Å². The zero-order valence-electron chi connectivity index (χ0n) is 14.7. The highest BCUT2D eigenvalue weighted by Gasteiger charge is 2.20. The SMILES string of the molecule is COC(=O)c1cc(CN(C)C(=O)c2csc(-c3ccccc3)n2)oc1C. The summed E-state index contributed by atoms with van der Waals surface area (Å²) in [6.07, 6.45) is 0. The van der Waals surface area contributed by atoms with E-state index in [1.807, 2.05) is 30.3 Å². The van der Waals surface area contributed by atoms with Crippen molar-refractivity contribution in [1.29, 1.82) is 0 Å². The lowest BCUT2D eigenvalue weighted by Crippen LogP contribution is -2.26. The van der Waals surface area contributed by atoms with E-state index >= 15 is 0 Å². The number of hydrogen-bond acceptors (Lipinski definition) is 6. The second-order valence-corrected chi connectivity index (χ2v) is 6.60. The van der Waals surface area contributed by atoms with Crippen LogP contribution in [0.2, 0.25) is 0 Å². The Kier molecular flexibility index (Phi) is 5.18. The Bertz CT molecular complexity index is 930. The fourth-order valence-corrected chi connectivity index (χ4v) is 3.32. The molecule has 0 N–H and O–H groups in total. The molecule has 1 amide bonds. The zero-order chi connectivity index (χ0) is 18.7. The summed E-state index contributed by atoms with van der Waals surface area (Å²) in [5.41, 5.74) is 1.72. The van der Waals surface area contributed by atoms with E-state index < -0.39 is 5.97 Å². The summed E-state index contributed by atoms with van der Waals surface area (Å²) in [5, 5.41) is 2.54. The molecule has 3 rings (SSSR count). The van der Waals surface area contributed by atoms with Crippen molar-refractivity contribution in [1.82, 2.24) is 9.88 Å². The van der Waals surface area contributed by atoms with Gasteiger partial charge in [0.2, 0.25) is 0 Å². The molecule has 1 aromatic carbocycles. The maximum atomic E-state index is 12.6. The third-order valence-corrected chi connectivity index (χ3v) is 4.75. The van der Waals surface area contributed by atoms with Gasteiger partial charge in [-0.25, -0.2) is 9.78 Å². The van der Waals surface area contributed by atoms with Crippen LogP contribution in [-0.2, 0) is 11.3 Å². The highest BCUT2D eigenvalue weighted by Crippen LogP contribution is 2.24. The summed E-state index contributed by atoms with van der Waals surface area (Å²) >= 11 is 1.42. The van der Waals surface area contributed by atoms with Gasteiger partial charge in [0.25, 0.3) is 5.91 Å². The van der Waals surface area contributed by atoms with Crippen LogP contribution >= 0.6 is 11.3 Å². The van der Waals surface area contributed by atoms with Crippen molar-refractivity contribution >= 4 is 23.2 Å². The van der Waals surface area contributed by atoms with Gasteiger partial charge in [0.1, 0.15) is 27.8 Å². The number of carbonyl (C=O) groups is 2. The fraction of sp³-hybridized carbons (Fsp3) is 0.211.